The number of aryl methyl sites for hydroxylation is 1. The van der Waals surface area contributed by atoms with Gasteiger partial charge in [0.1, 0.15) is 5.75 Å². The van der Waals surface area contributed by atoms with Crippen LogP contribution in [0.2, 0.25) is 0 Å². The van der Waals surface area contributed by atoms with Gasteiger partial charge in [-0.15, -0.1) is 0 Å². The Morgan fingerprint density at radius 1 is 0.795 bits per heavy atom. The third kappa shape index (κ3) is 5.14. The number of methoxy groups -OCH3 is 1. The Morgan fingerprint density at radius 2 is 1.56 bits per heavy atom. The van der Waals surface area contributed by atoms with E-state index in [0.717, 1.165) is 61.7 Å². The molecule has 6 rings (SSSR count). The summed E-state index contributed by atoms with van der Waals surface area (Å²) in [6.45, 7) is 8.44. The Balaban J connectivity index is 1.06. The molecular weight excluding hydrogens is 486 g/mol. The van der Waals surface area contributed by atoms with E-state index in [2.05, 4.69) is 58.3 Å². The number of carbonyl (C=O) groups is 1. The van der Waals surface area contributed by atoms with Crippen molar-refractivity contribution in [1.82, 2.24) is 9.88 Å². The Labute approximate surface area is 230 Å². The molecule has 2 fully saturated rings. The number of hydrogen-bond donors (Lipinski definition) is 0. The first-order chi connectivity index (χ1) is 19.1. The molecule has 1 aromatic heterocycles. The highest BCUT2D eigenvalue weighted by Gasteiger charge is 2.32. The molecule has 2 aliphatic heterocycles. The number of fused-ring (bicyclic) bond motifs is 1. The minimum absolute atomic E-state index is 0.00781. The van der Waals surface area contributed by atoms with E-state index in [1.165, 1.54) is 16.6 Å². The van der Waals surface area contributed by atoms with E-state index in [0.29, 0.717) is 18.8 Å². The van der Waals surface area contributed by atoms with Crippen LogP contribution >= 0.6 is 0 Å². The Bertz CT molecular complexity index is 1480. The van der Waals surface area contributed by atoms with Crippen LogP contribution in [0.4, 0.5) is 21.9 Å². The molecule has 0 bridgehead atoms. The maximum Gasteiger partial charge on any atom is 0.329 e. The number of ether oxygens (including phenoxy) is 1. The molecule has 0 N–H and O–H groups in total. The lowest BCUT2D eigenvalue weighted by Gasteiger charge is -2.36. The molecule has 4 aromatic rings. The fourth-order valence-corrected chi connectivity index (χ4v) is 5.75. The zero-order valence-electron chi connectivity index (χ0n) is 22.7. The molecular formula is C32H35N5O2. The van der Waals surface area contributed by atoms with Gasteiger partial charge in [0.2, 0.25) is 0 Å². The highest BCUT2D eigenvalue weighted by molar-refractivity contribution is 6.06. The number of nitrogens with zero attached hydrogens (tertiary/aromatic N) is 5. The summed E-state index contributed by atoms with van der Waals surface area (Å²) >= 11 is 0. The third-order valence-electron chi connectivity index (χ3n) is 7.89. The fourth-order valence-electron chi connectivity index (χ4n) is 5.75. The second kappa shape index (κ2) is 10.9. The molecule has 3 heterocycles. The number of hydrogen-bond acceptors (Lipinski definition) is 5. The van der Waals surface area contributed by atoms with E-state index in [-0.39, 0.29) is 6.03 Å². The predicted molar refractivity (Wildman–Crippen MR) is 158 cm³/mol. The second-order valence-electron chi connectivity index (χ2n) is 10.3. The molecule has 2 aliphatic rings. The Hall–Kier alpha value is -4.10. The van der Waals surface area contributed by atoms with Gasteiger partial charge in [-0.25, -0.2) is 4.79 Å². The maximum absolute atomic E-state index is 13.3. The normalized spacial score (nSPS) is 16.4. The van der Waals surface area contributed by atoms with E-state index in [9.17, 15) is 4.79 Å². The Kier molecular flexibility index (Phi) is 7.07. The van der Waals surface area contributed by atoms with Gasteiger partial charge in [-0.1, -0.05) is 30.3 Å². The second-order valence-corrected chi connectivity index (χ2v) is 10.3. The van der Waals surface area contributed by atoms with Crippen molar-refractivity contribution in [3.05, 3.63) is 90.1 Å². The van der Waals surface area contributed by atoms with Gasteiger partial charge in [0.25, 0.3) is 0 Å². The Morgan fingerprint density at radius 3 is 2.41 bits per heavy atom. The highest BCUT2D eigenvalue weighted by atomic mass is 16.5. The SMILES string of the molecule is COc1ccccc1N1CCN(c2cccc(CCN3CCN(c4cccc5nc(C)ccc45)CC3)c2)C1=O. The quantitative estimate of drug-likeness (QED) is 0.328. The summed E-state index contributed by atoms with van der Waals surface area (Å²) < 4.78 is 5.49. The van der Waals surface area contributed by atoms with Crippen LogP contribution in [0.15, 0.2) is 78.9 Å². The lowest BCUT2D eigenvalue weighted by molar-refractivity contribution is 0.255. The van der Waals surface area contributed by atoms with Crippen LogP contribution < -0.4 is 19.4 Å². The summed E-state index contributed by atoms with van der Waals surface area (Å²) in [5.41, 5.74) is 6.43. The van der Waals surface area contributed by atoms with Crippen LogP contribution in [0, 0.1) is 6.92 Å². The molecule has 2 saturated heterocycles. The largest absolute Gasteiger partial charge is 0.495 e. The third-order valence-corrected chi connectivity index (χ3v) is 7.89. The molecule has 7 heteroatoms. The summed E-state index contributed by atoms with van der Waals surface area (Å²) in [6, 6.07) is 26.9. The number of benzene rings is 3. The number of amides is 2. The van der Waals surface area contributed by atoms with Crippen molar-refractivity contribution >= 4 is 34.0 Å². The lowest BCUT2D eigenvalue weighted by Crippen LogP contribution is -2.47. The van der Waals surface area contributed by atoms with Crippen molar-refractivity contribution in [3.8, 4) is 5.75 Å². The van der Waals surface area contributed by atoms with Gasteiger partial charge in [0.15, 0.2) is 0 Å². The van der Waals surface area contributed by atoms with Crippen LogP contribution in [0.25, 0.3) is 10.9 Å². The number of urea groups is 1. The number of carbonyl (C=O) groups excluding carboxylic acids is 1. The molecule has 0 aliphatic carbocycles. The minimum atomic E-state index is -0.00781. The molecule has 39 heavy (non-hydrogen) atoms. The number of para-hydroxylation sites is 2. The van der Waals surface area contributed by atoms with Crippen LogP contribution in [-0.2, 0) is 6.42 Å². The van der Waals surface area contributed by atoms with Crippen molar-refractivity contribution in [3.63, 3.8) is 0 Å². The van der Waals surface area contributed by atoms with Gasteiger partial charge in [0, 0.05) is 68.3 Å². The number of aromatic nitrogens is 1. The topological polar surface area (TPSA) is 52.2 Å². The molecule has 7 nitrogen and oxygen atoms in total. The van der Waals surface area contributed by atoms with Gasteiger partial charge in [-0.2, -0.15) is 0 Å². The van der Waals surface area contributed by atoms with Gasteiger partial charge in [-0.3, -0.25) is 19.7 Å². The van der Waals surface area contributed by atoms with Crippen molar-refractivity contribution in [2.75, 3.05) is 67.6 Å². The summed E-state index contributed by atoms with van der Waals surface area (Å²) in [7, 11) is 1.64. The molecule has 0 radical (unpaired) electrons. The fraction of sp³-hybridized carbons (Fsp3) is 0.312. The average molecular weight is 522 g/mol. The van der Waals surface area contributed by atoms with Gasteiger partial charge < -0.3 is 9.64 Å². The number of anilines is 3. The zero-order valence-corrected chi connectivity index (χ0v) is 22.7. The van der Waals surface area contributed by atoms with Crippen molar-refractivity contribution in [2.24, 2.45) is 0 Å². The summed E-state index contributed by atoms with van der Waals surface area (Å²) in [5.74, 6) is 0.716. The van der Waals surface area contributed by atoms with Crippen LogP contribution in [0.1, 0.15) is 11.3 Å². The average Bonchev–Trinajstić information content (AvgIpc) is 3.37. The van der Waals surface area contributed by atoms with Gasteiger partial charge in [0.05, 0.1) is 18.3 Å². The van der Waals surface area contributed by atoms with Gasteiger partial charge >= 0.3 is 6.03 Å². The lowest BCUT2D eigenvalue weighted by atomic mass is 10.1. The van der Waals surface area contributed by atoms with E-state index >= 15 is 0 Å². The predicted octanol–water partition coefficient (Wildman–Crippen LogP) is 5.36. The van der Waals surface area contributed by atoms with Crippen molar-refractivity contribution in [1.29, 1.82) is 0 Å². The maximum atomic E-state index is 13.3. The standard InChI is InChI=1S/C32H35N5O2/c1-24-13-14-27-28(33-24)9-6-11-29(27)35-19-17-34(18-20-35)16-15-25-7-5-8-26(23-25)36-21-22-37(32(36)38)30-10-3-4-12-31(30)39-2/h3-14,23H,15-22H2,1-2H3. The molecule has 0 spiro atoms. The molecule has 3 aromatic carbocycles. The monoisotopic (exact) mass is 521 g/mol. The molecule has 200 valence electrons. The first-order valence-corrected chi connectivity index (χ1v) is 13.8. The van der Waals surface area contributed by atoms with E-state index in [1.807, 2.05) is 42.2 Å². The van der Waals surface area contributed by atoms with E-state index in [4.69, 9.17) is 9.72 Å². The first kappa shape index (κ1) is 25.2. The van der Waals surface area contributed by atoms with Gasteiger partial charge in [-0.05, 0) is 67.4 Å². The summed E-state index contributed by atoms with van der Waals surface area (Å²) in [6.07, 6.45) is 0.962. The summed E-state index contributed by atoms with van der Waals surface area (Å²) in [4.78, 5) is 26.7. The smallest absolute Gasteiger partial charge is 0.329 e. The highest BCUT2D eigenvalue weighted by Crippen LogP contribution is 2.32. The van der Waals surface area contributed by atoms with Crippen molar-refractivity contribution in [2.45, 2.75) is 13.3 Å². The van der Waals surface area contributed by atoms with E-state index < -0.39 is 0 Å². The van der Waals surface area contributed by atoms with Crippen LogP contribution in [0.3, 0.4) is 0 Å². The number of pyridine rings is 1. The summed E-state index contributed by atoms with van der Waals surface area (Å²) in [5, 5.41) is 1.23. The molecule has 0 atom stereocenters. The molecule has 0 saturated carbocycles. The molecule has 2 amide bonds. The first-order valence-electron chi connectivity index (χ1n) is 13.8. The number of piperazine rings is 1. The van der Waals surface area contributed by atoms with Crippen molar-refractivity contribution < 1.29 is 9.53 Å². The van der Waals surface area contributed by atoms with Crippen LogP contribution in [0.5, 0.6) is 5.75 Å². The zero-order chi connectivity index (χ0) is 26.8. The number of rotatable bonds is 7. The van der Waals surface area contributed by atoms with Crippen LogP contribution in [-0.4, -0.2) is 68.8 Å². The van der Waals surface area contributed by atoms with E-state index in [1.54, 1.807) is 12.0 Å². The molecule has 0 unspecified atom stereocenters. The minimum Gasteiger partial charge on any atom is -0.495 e.